The summed E-state index contributed by atoms with van der Waals surface area (Å²) in [4.78, 5) is 19.9. The maximum Gasteiger partial charge on any atom is 0.228 e. The van der Waals surface area contributed by atoms with Crippen molar-refractivity contribution in [1.29, 1.82) is 0 Å². The second-order valence-electron chi connectivity index (χ2n) is 11.9. The third-order valence-corrected chi connectivity index (χ3v) is 9.15. The van der Waals surface area contributed by atoms with E-state index in [1.807, 2.05) is 60.7 Å². The summed E-state index contributed by atoms with van der Waals surface area (Å²) in [6.07, 6.45) is 1.75. The zero-order valence-corrected chi connectivity index (χ0v) is 25.6. The number of furan rings is 1. The normalized spacial score (nSPS) is 11.8. The minimum absolute atomic E-state index is 0.554. The van der Waals surface area contributed by atoms with Crippen LogP contribution in [-0.2, 0) is 0 Å². The molecule has 224 valence electrons. The van der Waals surface area contributed by atoms with E-state index in [2.05, 4.69) is 94.5 Å². The molecule has 0 atom stereocenters. The fourth-order valence-corrected chi connectivity index (χ4v) is 7.03. The Morgan fingerprint density at radius 2 is 1.04 bits per heavy atom. The minimum atomic E-state index is 0.554. The summed E-state index contributed by atoms with van der Waals surface area (Å²) in [6, 6.07) is 50.0. The Hall–Kier alpha value is -6.66. The van der Waals surface area contributed by atoms with E-state index in [9.17, 15) is 0 Å². The molecule has 48 heavy (non-hydrogen) atoms. The van der Waals surface area contributed by atoms with Crippen molar-refractivity contribution in [3.63, 3.8) is 0 Å². The molecule has 4 aromatic heterocycles. The molecule has 0 N–H and O–H groups in total. The number of fused-ring (bicyclic) bond motifs is 7. The Kier molecular flexibility index (Phi) is 5.77. The molecule has 10 rings (SSSR count). The van der Waals surface area contributed by atoms with Crippen LogP contribution in [0.25, 0.3) is 94.5 Å². The molecular formula is C42H25N5O. The summed E-state index contributed by atoms with van der Waals surface area (Å²) in [6.45, 7) is 0. The van der Waals surface area contributed by atoms with E-state index < -0.39 is 0 Å². The van der Waals surface area contributed by atoms with Crippen LogP contribution in [0.1, 0.15) is 0 Å². The van der Waals surface area contributed by atoms with Gasteiger partial charge in [0.2, 0.25) is 5.71 Å². The predicted molar refractivity (Wildman–Crippen MR) is 193 cm³/mol. The third-order valence-electron chi connectivity index (χ3n) is 9.15. The van der Waals surface area contributed by atoms with Gasteiger partial charge in [0.05, 0.1) is 22.1 Å². The average molecular weight is 616 g/mol. The molecule has 0 saturated heterocycles. The lowest BCUT2D eigenvalue weighted by atomic mass is 10.0. The molecule has 0 aliphatic heterocycles. The van der Waals surface area contributed by atoms with Gasteiger partial charge in [0.1, 0.15) is 5.58 Å². The number of hydrogen-bond donors (Lipinski definition) is 0. The van der Waals surface area contributed by atoms with E-state index in [1.54, 1.807) is 6.20 Å². The molecule has 0 radical (unpaired) electrons. The topological polar surface area (TPSA) is 69.6 Å². The maximum atomic E-state index is 6.13. The van der Waals surface area contributed by atoms with Gasteiger partial charge < -0.3 is 8.98 Å². The molecule has 0 aliphatic rings. The van der Waals surface area contributed by atoms with Gasteiger partial charge in [-0.1, -0.05) is 115 Å². The summed E-state index contributed by atoms with van der Waals surface area (Å²) in [5, 5.41) is 6.48. The highest BCUT2D eigenvalue weighted by Gasteiger charge is 2.20. The summed E-state index contributed by atoms with van der Waals surface area (Å²) in [5.41, 5.74) is 7.45. The zero-order valence-electron chi connectivity index (χ0n) is 25.6. The smallest absolute Gasteiger partial charge is 0.228 e. The largest absolute Gasteiger partial charge is 0.438 e. The second-order valence-corrected chi connectivity index (χ2v) is 11.9. The molecule has 6 nitrogen and oxygen atoms in total. The Labute approximate surface area is 274 Å². The van der Waals surface area contributed by atoms with E-state index in [1.165, 1.54) is 21.8 Å². The summed E-state index contributed by atoms with van der Waals surface area (Å²) in [7, 11) is 0. The first-order chi connectivity index (χ1) is 23.8. The first-order valence-corrected chi connectivity index (χ1v) is 15.9. The van der Waals surface area contributed by atoms with Crippen molar-refractivity contribution in [1.82, 2.24) is 24.5 Å². The monoisotopic (exact) mass is 615 g/mol. The number of pyridine rings is 1. The highest BCUT2D eigenvalue weighted by Crippen LogP contribution is 2.39. The maximum absolute atomic E-state index is 6.13. The highest BCUT2D eigenvalue weighted by molar-refractivity contribution is 6.12. The fourth-order valence-electron chi connectivity index (χ4n) is 7.03. The number of aromatic nitrogens is 5. The van der Waals surface area contributed by atoms with Gasteiger partial charge in [-0.2, -0.15) is 0 Å². The fraction of sp³-hybridized carbons (Fsp3) is 0. The van der Waals surface area contributed by atoms with Crippen LogP contribution in [0, 0.1) is 0 Å². The molecule has 0 bridgehead atoms. The van der Waals surface area contributed by atoms with Gasteiger partial charge in [-0.15, -0.1) is 0 Å². The third kappa shape index (κ3) is 3.99. The second kappa shape index (κ2) is 10.4. The summed E-state index contributed by atoms with van der Waals surface area (Å²) >= 11 is 0. The van der Waals surface area contributed by atoms with Crippen LogP contribution in [0.5, 0.6) is 0 Å². The van der Waals surface area contributed by atoms with E-state index in [-0.39, 0.29) is 0 Å². The molecule has 6 heteroatoms. The molecule has 0 spiro atoms. The quantitative estimate of drug-likeness (QED) is 0.197. The minimum Gasteiger partial charge on any atom is -0.438 e. The first-order valence-electron chi connectivity index (χ1n) is 15.9. The van der Waals surface area contributed by atoms with Crippen LogP contribution in [0.3, 0.4) is 0 Å². The van der Waals surface area contributed by atoms with Crippen LogP contribution in [-0.4, -0.2) is 24.5 Å². The Bertz CT molecular complexity index is 2800. The van der Waals surface area contributed by atoms with Gasteiger partial charge in [0.15, 0.2) is 17.5 Å². The molecule has 4 heterocycles. The van der Waals surface area contributed by atoms with Crippen molar-refractivity contribution in [2.75, 3.05) is 0 Å². The number of benzene rings is 6. The van der Waals surface area contributed by atoms with E-state index >= 15 is 0 Å². The molecule has 0 aliphatic carbocycles. The summed E-state index contributed by atoms with van der Waals surface area (Å²) < 4.78 is 8.49. The van der Waals surface area contributed by atoms with Crippen LogP contribution < -0.4 is 0 Å². The lowest BCUT2D eigenvalue weighted by Crippen LogP contribution is -2.01. The van der Waals surface area contributed by atoms with Gasteiger partial charge >= 0.3 is 0 Å². The van der Waals surface area contributed by atoms with Crippen molar-refractivity contribution in [3.8, 4) is 39.9 Å². The van der Waals surface area contributed by atoms with Crippen LogP contribution >= 0.6 is 0 Å². The highest BCUT2D eigenvalue weighted by atomic mass is 16.3. The van der Waals surface area contributed by atoms with Gasteiger partial charge in [-0.05, 0) is 35.7 Å². The Morgan fingerprint density at radius 1 is 0.438 bits per heavy atom. The van der Waals surface area contributed by atoms with Crippen LogP contribution in [0.15, 0.2) is 156 Å². The molecule has 0 fully saturated rings. The number of para-hydroxylation sites is 3. The number of hydrogen-bond acceptors (Lipinski definition) is 5. The van der Waals surface area contributed by atoms with Gasteiger partial charge in [-0.25, -0.2) is 19.9 Å². The Balaban J connectivity index is 1.24. The molecule has 10 aromatic rings. The van der Waals surface area contributed by atoms with E-state index in [0.29, 0.717) is 23.2 Å². The predicted octanol–water partition coefficient (Wildman–Crippen LogP) is 10.4. The number of nitrogens with zero attached hydrogens (tertiary/aromatic N) is 5. The first kappa shape index (κ1) is 26.5. The van der Waals surface area contributed by atoms with E-state index in [4.69, 9.17) is 19.4 Å². The van der Waals surface area contributed by atoms with Crippen molar-refractivity contribution in [3.05, 3.63) is 152 Å². The lowest BCUT2D eigenvalue weighted by Gasteiger charge is -2.14. The SMILES string of the molecule is c1ccc(-c2nc(-c3cccc4c(-n5c6ccccc6c6ccccc65)cccc34)nc(-c3ccnc4oc5ccccc5c34)n2)cc1. The van der Waals surface area contributed by atoms with Gasteiger partial charge in [0, 0.05) is 44.4 Å². The summed E-state index contributed by atoms with van der Waals surface area (Å²) in [5.74, 6) is 1.76. The number of rotatable bonds is 4. The van der Waals surface area contributed by atoms with Gasteiger partial charge in [-0.3, -0.25) is 0 Å². The van der Waals surface area contributed by atoms with Crippen molar-refractivity contribution in [2.24, 2.45) is 0 Å². The van der Waals surface area contributed by atoms with Crippen LogP contribution in [0.4, 0.5) is 0 Å². The zero-order chi connectivity index (χ0) is 31.6. The standard InChI is InChI=1S/C42H25N5O/c1-2-12-26(13-3-1)39-44-40(46-41(45-39)33-24-25-43-42-38(33)32-16-6-9-23-37(32)48-42)31-19-10-18-28-27(31)17-11-22-36(28)47-34-20-7-4-14-29(34)30-15-5-8-21-35(30)47/h1-25H. The van der Waals surface area contributed by atoms with Crippen LogP contribution in [0.2, 0.25) is 0 Å². The van der Waals surface area contributed by atoms with Gasteiger partial charge in [0.25, 0.3) is 0 Å². The molecule has 0 amide bonds. The average Bonchev–Trinajstić information content (AvgIpc) is 3.70. The molecule has 6 aromatic carbocycles. The lowest BCUT2D eigenvalue weighted by molar-refractivity contribution is 0.654. The van der Waals surface area contributed by atoms with Crippen molar-refractivity contribution >= 4 is 54.6 Å². The van der Waals surface area contributed by atoms with Crippen molar-refractivity contribution < 1.29 is 4.42 Å². The Morgan fingerprint density at radius 3 is 1.83 bits per heavy atom. The molecule has 0 unspecified atom stereocenters. The molecule has 0 saturated carbocycles. The van der Waals surface area contributed by atoms with Crippen molar-refractivity contribution in [2.45, 2.75) is 0 Å². The van der Waals surface area contributed by atoms with E-state index in [0.717, 1.165) is 49.5 Å². The molecular weight excluding hydrogens is 590 g/mol.